The first-order chi connectivity index (χ1) is 13.7. The summed E-state index contributed by atoms with van der Waals surface area (Å²) in [4.78, 5) is 12.2. The van der Waals surface area contributed by atoms with Crippen molar-refractivity contribution in [2.24, 2.45) is 0 Å². The number of amides is 1. The van der Waals surface area contributed by atoms with Crippen LogP contribution in [0.3, 0.4) is 0 Å². The third kappa shape index (κ3) is 3.03. The molecule has 0 bridgehead atoms. The van der Waals surface area contributed by atoms with Crippen LogP contribution < -0.4 is 10.1 Å². The largest absolute Gasteiger partial charge is 0.497 e. The fraction of sp³-hybridized carbons (Fsp3) is 0.182. The molecule has 6 nitrogen and oxygen atoms in total. The van der Waals surface area contributed by atoms with E-state index in [1.807, 2.05) is 36.5 Å². The van der Waals surface area contributed by atoms with Crippen LogP contribution in [0.2, 0.25) is 0 Å². The Morgan fingerprint density at radius 2 is 1.96 bits per heavy atom. The van der Waals surface area contributed by atoms with Gasteiger partial charge in [-0.05, 0) is 60.4 Å². The minimum atomic E-state index is -0.112. The average Bonchev–Trinajstić information content (AvgIpc) is 3.24. The number of hydrogen-bond acceptors (Lipinski definition) is 3. The Hall–Kier alpha value is -3.54. The summed E-state index contributed by atoms with van der Waals surface area (Å²) < 4.78 is 9.15. The summed E-state index contributed by atoms with van der Waals surface area (Å²) in [6.07, 6.45) is 6.01. The molecule has 4 aromatic rings. The number of benzene rings is 1. The predicted molar refractivity (Wildman–Crippen MR) is 107 cm³/mol. The summed E-state index contributed by atoms with van der Waals surface area (Å²) >= 11 is 0. The van der Waals surface area contributed by atoms with Gasteiger partial charge < -0.3 is 14.5 Å². The van der Waals surface area contributed by atoms with Crippen LogP contribution in [-0.2, 0) is 0 Å². The van der Waals surface area contributed by atoms with E-state index in [0.29, 0.717) is 11.7 Å². The van der Waals surface area contributed by atoms with Crippen molar-refractivity contribution in [1.29, 1.82) is 0 Å². The van der Waals surface area contributed by atoms with Gasteiger partial charge in [-0.2, -0.15) is 5.10 Å². The monoisotopic (exact) mass is 372 g/mol. The maximum absolute atomic E-state index is 12.2. The summed E-state index contributed by atoms with van der Waals surface area (Å²) in [7, 11) is 1.67. The summed E-state index contributed by atoms with van der Waals surface area (Å²) in [6.45, 7) is 0. The van der Waals surface area contributed by atoms with Crippen molar-refractivity contribution in [1.82, 2.24) is 19.5 Å². The molecular formula is C22H20N4O2. The zero-order chi connectivity index (χ0) is 19.1. The molecule has 0 aliphatic heterocycles. The van der Waals surface area contributed by atoms with Gasteiger partial charge in [0.25, 0.3) is 5.91 Å². The Bertz CT molecular complexity index is 1170. The van der Waals surface area contributed by atoms with Crippen LogP contribution in [0.4, 0.5) is 0 Å². The topological polar surface area (TPSA) is 60.6 Å². The molecule has 0 saturated heterocycles. The minimum absolute atomic E-state index is 0.112. The quantitative estimate of drug-likeness (QED) is 0.581. The van der Waals surface area contributed by atoms with Crippen LogP contribution >= 0.6 is 0 Å². The van der Waals surface area contributed by atoms with Gasteiger partial charge in [0.05, 0.1) is 7.11 Å². The van der Waals surface area contributed by atoms with Crippen molar-refractivity contribution in [2.45, 2.75) is 18.9 Å². The molecule has 3 aromatic heterocycles. The first kappa shape index (κ1) is 16.6. The molecule has 0 radical (unpaired) electrons. The number of fused-ring (bicyclic) bond motifs is 1. The number of carbonyl (C=O) groups excluding carboxylic acids is 1. The molecule has 1 aromatic carbocycles. The second-order valence-corrected chi connectivity index (χ2v) is 7.03. The third-order valence-electron chi connectivity index (χ3n) is 5.00. The number of rotatable bonds is 5. The lowest BCUT2D eigenvalue weighted by Gasteiger charge is -2.08. The number of pyridine rings is 1. The molecule has 140 valence electrons. The van der Waals surface area contributed by atoms with Gasteiger partial charge in [-0.1, -0.05) is 18.2 Å². The molecule has 0 unspecified atom stereocenters. The number of carbonyl (C=O) groups is 1. The molecule has 1 fully saturated rings. The molecule has 6 heteroatoms. The van der Waals surface area contributed by atoms with E-state index >= 15 is 0 Å². The second kappa shape index (κ2) is 6.56. The van der Waals surface area contributed by atoms with E-state index in [1.54, 1.807) is 17.9 Å². The van der Waals surface area contributed by atoms with Gasteiger partial charge in [-0.15, -0.1) is 0 Å². The normalized spacial score (nSPS) is 13.6. The molecule has 3 heterocycles. The zero-order valence-electron chi connectivity index (χ0n) is 15.5. The lowest BCUT2D eigenvalue weighted by Crippen LogP contribution is -2.25. The van der Waals surface area contributed by atoms with Crippen molar-refractivity contribution in [2.75, 3.05) is 7.11 Å². The Balaban J connectivity index is 1.51. The van der Waals surface area contributed by atoms with Crippen LogP contribution in [0.25, 0.3) is 22.5 Å². The summed E-state index contributed by atoms with van der Waals surface area (Å²) in [6, 6.07) is 18.2. The van der Waals surface area contributed by atoms with Gasteiger partial charge in [0.2, 0.25) is 0 Å². The Labute approximate surface area is 162 Å². The van der Waals surface area contributed by atoms with Crippen LogP contribution in [0.1, 0.15) is 23.3 Å². The lowest BCUT2D eigenvalue weighted by molar-refractivity contribution is 0.0945. The summed E-state index contributed by atoms with van der Waals surface area (Å²) in [5, 5.41) is 7.45. The van der Waals surface area contributed by atoms with Crippen molar-refractivity contribution >= 4 is 11.4 Å². The van der Waals surface area contributed by atoms with Crippen molar-refractivity contribution in [3.63, 3.8) is 0 Å². The average molecular weight is 372 g/mol. The van der Waals surface area contributed by atoms with Crippen molar-refractivity contribution in [3.8, 4) is 22.7 Å². The first-order valence-electron chi connectivity index (χ1n) is 9.34. The van der Waals surface area contributed by atoms with Crippen LogP contribution in [0, 0.1) is 0 Å². The first-order valence-corrected chi connectivity index (χ1v) is 9.34. The fourth-order valence-electron chi connectivity index (χ4n) is 3.31. The molecule has 1 saturated carbocycles. The summed E-state index contributed by atoms with van der Waals surface area (Å²) in [5.74, 6) is 1.59. The molecule has 1 N–H and O–H groups in total. The van der Waals surface area contributed by atoms with Crippen LogP contribution in [0.5, 0.6) is 5.75 Å². The lowest BCUT2D eigenvalue weighted by atomic mass is 10.1. The van der Waals surface area contributed by atoms with Gasteiger partial charge in [0.15, 0.2) is 5.69 Å². The highest BCUT2D eigenvalue weighted by atomic mass is 16.5. The van der Waals surface area contributed by atoms with E-state index in [9.17, 15) is 4.79 Å². The standard InChI is InChI=1S/C22H20N4O2/c1-28-19-4-2-3-15(13-19)16-5-8-18-9-10-21(25(18)14-16)26-12-11-20(24-26)22(27)23-17-6-7-17/h2-5,8-14,17H,6-7H2,1H3,(H,23,27). The van der Waals surface area contributed by atoms with E-state index < -0.39 is 0 Å². The van der Waals surface area contributed by atoms with Crippen molar-refractivity contribution < 1.29 is 9.53 Å². The fourth-order valence-corrected chi connectivity index (χ4v) is 3.31. The highest BCUT2D eigenvalue weighted by Crippen LogP contribution is 2.26. The SMILES string of the molecule is COc1cccc(-c2ccc3ccc(-n4ccc(C(=O)NC5CC5)n4)n3c2)c1. The van der Waals surface area contributed by atoms with E-state index in [4.69, 9.17) is 4.74 Å². The number of ether oxygens (including phenoxy) is 1. The maximum Gasteiger partial charge on any atom is 0.272 e. The van der Waals surface area contributed by atoms with Gasteiger partial charge in [-0.3, -0.25) is 4.79 Å². The van der Waals surface area contributed by atoms with Gasteiger partial charge >= 0.3 is 0 Å². The molecule has 0 atom stereocenters. The highest BCUT2D eigenvalue weighted by molar-refractivity contribution is 5.92. The number of hydrogen-bond donors (Lipinski definition) is 1. The maximum atomic E-state index is 12.2. The van der Waals surface area contributed by atoms with E-state index in [-0.39, 0.29) is 5.91 Å². The number of nitrogens with zero attached hydrogens (tertiary/aromatic N) is 3. The van der Waals surface area contributed by atoms with E-state index in [1.165, 1.54) is 0 Å². The van der Waals surface area contributed by atoms with E-state index in [0.717, 1.165) is 41.1 Å². The van der Waals surface area contributed by atoms with Crippen LogP contribution in [-0.4, -0.2) is 33.2 Å². The molecule has 28 heavy (non-hydrogen) atoms. The third-order valence-corrected chi connectivity index (χ3v) is 5.00. The molecule has 0 spiro atoms. The zero-order valence-corrected chi connectivity index (χ0v) is 15.5. The van der Waals surface area contributed by atoms with Gasteiger partial charge in [0.1, 0.15) is 11.6 Å². The minimum Gasteiger partial charge on any atom is -0.497 e. The molecular weight excluding hydrogens is 352 g/mol. The highest BCUT2D eigenvalue weighted by Gasteiger charge is 2.24. The second-order valence-electron chi connectivity index (χ2n) is 7.03. The number of nitrogens with one attached hydrogen (secondary N) is 1. The van der Waals surface area contributed by atoms with Gasteiger partial charge in [0, 0.05) is 24.0 Å². The molecule has 1 amide bonds. The number of aromatic nitrogens is 3. The molecule has 5 rings (SSSR count). The molecule has 1 aliphatic rings. The Morgan fingerprint density at radius 3 is 2.79 bits per heavy atom. The van der Waals surface area contributed by atoms with Crippen molar-refractivity contribution in [3.05, 3.63) is 72.7 Å². The Kier molecular flexibility index (Phi) is 3.90. The predicted octanol–water partition coefficient (Wildman–Crippen LogP) is 3.69. The summed E-state index contributed by atoms with van der Waals surface area (Å²) in [5.41, 5.74) is 3.64. The van der Waals surface area contributed by atoms with Gasteiger partial charge in [-0.25, -0.2) is 4.68 Å². The number of methoxy groups -OCH3 is 1. The smallest absolute Gasteiger partial charge is 0.272 e. The van der Waals surface area contributed by atoms with E-state index in [2.05, 4.69) is 39.2 Å². The Morgan fingerprint density at radius 1 is 1.11 bits per heavy atom. The van der Waals surface area contributed by atoms with Crippen LogP contribution in [0.15, 0.2) is 67.0 Å². The molecule has 1 aliphatic carbocycles.